The molecular weight excluding hydrogens is 368 g/mol. The first-order valence-corrected chi connectivity index (χ1v) is 8.48. The summed E-state index contributed by atoms with van der Waals surface area (Å²) in [4.78, 5) is 28.6. The first-order chi connectivity index (χ1) is 13.0. The molecule has 8 heteroatoms. The summed E-state index contributed by atoms with van der Waals surface area (Å²) in [5.41, 5.74) is 1.67. The van der Waals surface area contributed by atoms with Gasteiger partial charge in [0.15, 0.2) is 5.75 Å². The van der Waals surface area contributed by atoms with Crippen molar-refractivity contribution in [1.82, 2.24) is 14.8 Å². The molecule has 2 heterocycles. The number of aromatic nitrogens is 3. The second kappa shape index (κ2) is 8.01. The molecule has 27 heavy (non-hydrogen) atoms. The molecule has 0 aliphatic rings. The number of methoxy groups -OCH3 is 1. The number of carbonyl (C=O) groups is 1. The number of nitrogens with zero attached hydrogens (tertiary/aromatic N) is 3. The molecule has 1 amide bonds. The van der Waals surface area contributed by atoms with E-state index in [-0.39, 0.29) is 6.54 Å². The Hall–Kier alpha value is -3.19. The Morgan fingerprint density at radius 1 is 1.22 bits per heavy atom. The standard InChI is InChI=1S/C19H17ClN4O3/c1-12-7-8-21-16(9-12)22-17(25)11-24-18(26)10-15(27-2)19(23-24)13-3-5-14(20)6-4-13/h3-10H,11H2,1-2H3,(H,21,22,25). The molecule has 0 aliphatic heterocycles. The molecule has 138 valence electrons. The van der Waals surface area contributed by atoms with E-state index in [0.717, 1.165) is 10.2 Å². The smallest absolute Gasteiger partial charge is 0.270 e. The number of hydrogen-bond acceptors (Lipinski definition) is 5. The summed E-state index contributed by atoms with van der Waals surface area (Å²) in [5, 5.41) is 7.53. The van der Waals surface area contributed by atoms with Gasteiger partial charge in [0.25, 0.3) is 5.56 Å². The van der Waals surface area contributed by atoms with Gasteiger partial charge in [-0.3, -0.25) is 9.59 Å². The predicted molar refractivity (Wildman–Crippen MR) is 103 cm³/mol. The summed E-state index contributed by atoms with van der Waals surface area (Å²) in [6.07, 6.45) is 1.60. The van der Waals surface area contributed by atoms with E-state index in [4.69, 9.17) is 16.3 Å². The third-order valence-corrected chi connectivity index (χ3v) is 4.03. The molecule has 0 radical (unpaired) electrons. The summed E-state index contributed by atoms with van der Waals surface area (Å²) in [6.45, 7) is 1.64. The fourth-order valence-corrected chi connectivity index (χ4v) is 2.60. The average Bonchev–Trinajstić information content (AvgIpc) is 2.64. The minimum Gasteiger partial charge on any atom is -0.494 e. The van der Waals surface area contributed by atoms with Crippen molar-refractivity contribution in [2.24, 2.45) is 0 Å². The van der Waals surface area contributed by atoms with Crippen molar-refractivity contribution in [2.45, 2.75) is 13.5 Å². The number of nitrogens with one attached hydrogen (secondary N) is 1. The van der Waals surface area contributed by atoms with Crippen molar-refractivity contribution in [3.05, 3.63) is 69.6 Å². The second-order valence-electron chi connectivity index (χ2n) is 5.83. The topological polar surface area (TPSA) is 86.1 Å². The lowest BCUT2D eigenvalue weighted by Gasteiger charge is -2.11. The molecule has 2 aromatic heterocycles. The minimum absolute atomic E-state index is 0.251. The molecular formula is C19H17ClN4O3. The van der Waals surface area contributed by atoms with E-state index in [1.807, 2.05) is 13.0 Å². The van der Waals surface area contributed by atoms with Crippen LogP contribution in [0.25, 0.3) is 11.3 Å². The van der Waals surface area contributed by atoms with Crippen molar-refractivity contribution in [1.29, 1.82) is 0 Å². The number of rotatable bonds is 5. The highest BCUT2D eigenvalue weighted by molar-refractivity contribution is 6.30. The highest BCUT2D eigenvalue weighted by Gasteiger charge is 2.14. The molecule has 0 saturated carbocycles. The van der Waals surface area contributed by atoms with Crippen molar-refractivity contribution in [3.8, 4) is 17.0 Å². The van der Waals surface area contributed by atoms with Crippen molar-refractivity contribution in [3.63, 3.8) is 0 Å². The molecule has 0 saturated heterocycles. The molecule has 1 aromatic carbocycles. The van der Waals surface area contributed by atoms with Crippen LogP contribution >= 0.6 is 11.6 Å². The van der Waals surface area contributed by atoms with Crippen LogP contribution in [0.4, 0.5) is 5.82 Å². The molecule has 7 nitrogen and oxygen atoms in total. The average molecular weight is 385 g/mol. The lowest BCUT2D eigenvalue weighted by Crippen LogP contribution is -2.30. The number of anilines is 1. The van der Waals surface area contributed by atoms with Crippen LogP contribution in [0.15, 0.2) is 53.5 Å². The normalized spacial score (nSPS) is 10.5. The first kappa shape index (κ1) is 18.6. The van der Waals surface area contributed by atoms with Gasteiger partial charge in [0.2, 0.25) is 5.91 Å². The van der Waals surface area contributed by atoms with Crippen molar-refractivity contribution >= 4 is 23.3 Å². The molecule has 3 rings (SSSR count). The van der Waals surface area contributed by atoms with E-state index < -0.39 is 11.5 Å². The third-order valence-electron chi connectivity index (χ3n) is 3.78. The van der Waals surface area contributed by atoms with Gasteiger partial charge in [-0.05, 0) is 36.8 Å². The quantitative estimate of drug-likeness (QED) is 0.731. The van der Waals surface area contributed by atoms with Crippen LogP contribution in [-0.4, -0.2) is 27.8 Å². The van der Waals surface area contributed by atoms with E-state index >= 15 is 0 Å². The number of hydrogen-bond donors (Lipinski definition) is 1. The lowest BCUT2D eigenvalue weighted by molar-refractivity contribution is -0.117. The molecule has 1 N–H and O–H groups in total. The maximum atomic E-state index is 12.3. The van der Waals surface area contributed by atoms with Gasteiger partial charge in [0.05, 0.1) is 7.11 Å². The molecule has 0 spiro atoms. The summed E-state index contributed by atoms with van der Waals surface area (Å²) in [5.74, 6) is 0.328. The highest BCUT2D eigenvalue weighted by Crippen LogP contribution is 2.27. The fourth-order valence-electron chi connectivity index (χ4n) is 2.47. The van der Waals surface area contributed by atoms with Gasteiger partial charge in [-0.2, -0.15) is 5.10 Å². The monoisotopic (exact) mass is 384 g/mol. The van der Waals surface area contributed by atoms with Crippen LogP contribution < -0.4 is 15.6 Å². The molecule has 3 aromatic rings. The number of halogens is 1. The van der Waals surface area contributed by atoms with E-state index in [0.29, 0.717) is 27.8 Å². The number of pyridine rings is 1. The minimum atomic E-state index is -0.447. The summed E-state index contributed by atoms with van der Waals surface area (Å²) < 4.78 is 6.34. The Balaban J connectivity index is 1.89. The fraction of sp³-hybridized carbons (Fsp3) is 0.158. The van der Waals surface area contributed by atoms with Crippen LogP contribution in [-0.2, 0) is 11.3 Å². The van der Waals surface area contributed by atoms with Gasteiger partial charge in [-0.25, -0.2) is 9.67 Å². The Labute approximate surface area is 160 Å². The van der Waals surface area contributed by atoms with E-state index in [1.165, 1.54) is 13.2 Å². The number of aryl methyl sites for hydroxylation is 1. The molecule has 0 unspecified atom stereocenters. The maximum Gasteiger partial charge on any atom is 0.270 e. The summed E-state index contributed by atoms with van der Waals surface area (Å²) in [7, 11) is 1.45. The van der Waals surface area contributed by atoms with Crippen LogP contribution in [0, 0.1) is 6.92 Å². The molecule has 0 atom stereocenters. The van der Waals surface area contributed by atoms with Gasteiger partial charge >= 0.3 is 0 Å². The van der Waals surface area contributed by atoms with E-state index in [1.54, 1.807) is 36.5 Å². The van der Waals surface area contributed by atoms with Crippen LogP contribution in [0.5, 0.6) is 5.75 Å². The summed E-state index contributed by atoms with van der Waals surface area (Å²) in [6, 6.07) is 11.8. The van der Waals surface area contributed by atoms with Gasteiger partial charge in [-0.15, -0.1) is 0 Å². The SMILES string of the molecule is COc1cc(=O)n(CC(=O)Nc2cc(C)ccn2)nc1-c1ccc(Cl)cc1. The zero-order valence-corrected chi connectivity index (χ0v) is 15.5. The van der Waals surface area contributed by atoms with E-state index in [2.05, 4.69) is 15.4 Å². The molecule has 0 fully saturated rings. The van der Waals surface area contributed by atoms with Crippen LogP contribution in [0.1, 0.15) is 5.56 Å². The van der Waals surface area contributed by atoms with Crippen molar-refractivity contribution in [2.75, 3.05) is 12.4 Å². The van der Waals surface area contributed by atoms with Crippen LogP contribution in [0.2, 0.25) is 5.02 Å². The Morgan fingerprint density at radius 2 is 1.96 bits per heavy atom. The number of benzene rings is 1. The predicted octanol–water partition coefficient (Wildman–Crippen LogP) is 2.91. The van der Waals surface area contributed by atoms with Crippen molar-refractivity contribution < 1.29 is 9.53 Å². The molecule has 0 bridgehead atoms. The van der Waals surface area contributed by atoms with Gasteiger partial charge in [0.1, 0.15) is 18.1 Å². The third kappa shape index (κ3) is 4.51. The van der Waals surface area contributed by atoms with Crippen LogP contribution in [0.3, 0.4) is 0 Å². The lowest BCUT2D eigenvalue weighted by atomic mass is 10.1. The van der Waals surface area contributed by atoms with Gasteiger partial charge in [-0.1, -0.05) is 23.7 Å². The molecule has 0 aliphatic carbocycles. The maximum absolute atomic E-state index is 12.3. The number of carbonyl (C=O) groups excluding carboxylic acids is 1. The second-order valence-corrected chi connectivity index (χ2v) is 6.27. The number of ether oxygens (including phenoxy) is 1. The number of amides is 1. The zero-order valence-electron chi connectivity index (χ0n) is 14.8. The largest absolute Gasteiger partial charge is 0.494 e. The first-order valence-electron chi connectivity index (χ1n) is 8.11. The zero-order chi connectivity index (χ0) is 19.4. The van der Waals surface area contributed by atoms with Gasteiger partial charge < -0.3 is 10.1 Å². The van der Waals surface area contributed by atoms with E-state index in [9.17, 15) is 9.59 Å². The van der Waals surface area contributed by atoms with Gasteiger partial charge in [0, 0.05) is 22.8 Å². The summed E-state index contributed by atoms with van der Waals surface area (Å²) >= 11 is 5.92. The highest BCUT2D eigenvalue weighted by atomic mass is 35.5. The Morgan fingerprint density at radius 3 is 2.63 bits per heavy atom. The Bertz CT molecular complexity index is 1030. The Kier molecular flexibility index (Phi) is 5.52.